The van der Waals surface area contributed by atoms with Crippen LogP contribution in [0.25, 0.3) is 0 Å². The maximum absolute atomic E-state index is 13.3. The maximum Gasteiger partial charge on any atom is 0.326 e. The van der Waals surface area contributed by atoms with Crippen molar-refractivity contribution in [3.63, 3.8) is 0 Å². The number of rotatable bonds is 24. The zero-order chi connectivity index (χ0) is 38.9. The number of aliphatic carboxylic acids is 4. The predicted molar refractivity (Wildman–Crippen MR) is 172 cm³/mol. The van der Waals surface area contributed by atoms with Crippen LogP contribution in [0.3, 0.4) is 0 Å². The fraction of sp³-hybridized carbons (Fsp3) is 0.700. The Kier molecular flexibility index (Phi) is 19.9. The topological polar surface area (TPSA) is 341 Å². The second-order valence-corrected chi connectivity index (χ2v) is 12.6. The summed E-state index contributed by atoms with van der Waals surface area (Å²) in [5.41, 5.74) is 5.86. The number of carboxylic acids is 4. The van der Waals surface area contributed by atoms with Gasteiger partial charge in [-0.25, -0.2) is 4.79 Å². The van der Waals surface area contributed by atoms with Gasteiger partial charge in [0.15, 0.2) is 0 Å². The van der Waals surface area contributed by atoms with Crippen LogP contribution >= 0.6 is 0 Å². The molecule has 50 heavy (non-hydrogen) atoms. The molecule has 0 aliphatic heterocycles. The van der Waals surface area contributed by atoms with Gasteiger partial charge in [-0.05, 0) is 44.4 Å². The molecule has 7 atom stereocenters. The van der Waals surface area contributed by atoms with E-state index in [2.05, 4.69) is 26.6 Å². The lowest BCUT2D eigenvalue weighted by atomic mass is 10.0. The monoisotopic (exact) mass is 718 g/mol. The Labute approximate surface area is 288 Å². The van der Waals surface area contributed by atoms with Crippen LogP contribution in [0.5, 0.6) is 0 Å². The van der Waals surface area contributed by atoms with Gasteiger partial charge < -0.3 is 57.9 Å². The average Bonchev–Trinajstić information content (AvgIpc) is 2.97. The van der Waals surface area contributed by atoms with E-state index in [1.54, 1.807) is 27.7 Å². The zero-order valence-corrected chi connectivity index (χ0v) is 28.6. The molecule has 0 rings (SSSR count). The third-order valence-corrected chi connectivity index (χ3v) is 7.02. The van der Waals surface area contributed by atoms with E-state index < -0.39 is 128 Å². The van der Waals surface area contributed by atoms with Gasteiger partial charge in [-0.3, -0.25) is 38.4 Å². The van der Waals surface area contributed by atoms with E-state index in [0.29, 0.717) is 0 Å². The largest absolute Gasteiger partial charge is 0.481 e. The lowest BCUT2D eigenvalue weighted by Gasteiger charge is -2.28. The van der Waals surface area contributed by atoms with Gasteiger partial charge in [0.25, 0.3) is 0 Å². The molecule has 0 unspecified atom stereocenters. The first-order valence-electron chi connectivity index (χ1n) is 15.9. The number of hydrogen-bond acceptors (Lipinski definition) is 11. The van der Waals surface area contributed by atoms with Gasteiger partial charge in [-0.15, -0.1) is 0 Å². The van der Waals surface area contributed by atoms with Crippen LogP contribution in [0, 0.1) is 11.8 Å². The molecule has 20 heteroatoms. The quantitative estimate of drug-likeness (QED) is 0.0491. The van der Waals surface area contributed by atoms with Gasteiger partial charge in [0.1, 0.15) is 30.2 Å². The summed E-state index contributed by atoms with van der Waals surface area (Å²) < 4.78 is 0. The first-order valence-corrected chi connectivity index (χ1v) is 15.9. The van der Waals surface area contributed by atoms with E-state index in [9.17, 15) is 58.5 Å². The van der Waals surface area contributed by atoms with Crippen molar-refractivity contribution in [3.8, 4) is 0 Å². The Morgan fingerprint density at radius 1 is 0.520 bits per heavy atom. The highest BCUT2D eigenvalue weighted by Gasteiger charge is 2.35. The van der Waals surface area contributed by atoms with Crippen LogP contribution in [0.15, 0.2) is 0 Å². The number of carbonyl (C=O) groups excluding carboxylic acids is 5. The lowest BCUT2D eigenvalue weighted by molar-refractivity contribution is -0.144. The Bertz CT molecular complexity index is 1240. The molecule has 0 saturated carbocycles. The van der Waals surface area contributed by atoms with E-state index in [0.717, 1.165) is 6.92 Å². The van der Waals surface area contributed by atoms with Crippen molar-refractivity contribution in [2.75, 3.05) is 0 Å². The van der Waals surface area contributed by atoms with E-state index in [-0.39, 0.29) is 24.7 Å². The van der Waals surface area contributed by atoms with E-state index >= 15 is 0 Å². The van der Waals surface area contributed by atoms with Gasteiger partial charge in [-0.1, -0.05) is 27.7 Å². The van der Waals surface area contributed by atoms with Crippen LogP contribution in [0.2, 0.25) is 0 Å². The van der Waals surface area contributed by atoms with E-state index in [1.807, 2.05) is 0 Å². The third kappa shape index (κ3) is 18.1. The lowest BCUT2D eigenvalue weighted by Crippen LogP contribution is -2.61. The number of amides is 5. The van der Waals surface area contributed by atoms with Crippen LogP contribution in [0.4, 0.5) is 0 Å². The van der Waals surface area contributed by atoms with Crippen molar-refractivity contribution in [3.05, 3.63) is 0 Å². The van der Waals surface area contributed by atoms with Crippen LogP contribution < -0.4 is 32.3 Å². The molecule has 0 aliphatic carbocycles. The molecule has 0 aromatic carbocycles. The minimum Gasteiger partial charge on any atom is -0.481 e. The van der Waals surface area contributed by atoms with Crippen molar-refractivity contribution in [2.45, 2.75) is 122 Å². The molecule has 20 nitrogen and oxygen atoms in total. The van der Waals surface area contributed by atoms with E-state index in [4.69, 9.17) is 15.9 Å². The van der Waals surface area contributed by atoms with Gasteiger partial charge >= 0.3 is 23.9 Å². The van der Waals surface area contributed by atoms with Gasteiger partial charge in [0.2, 0.25) is 29.5 Å². The molecule has 0 fully saturated rings. The number of nitrogens with two attached hydrogens (primary N) is 1. The maximum atomic E-state index is 13.3. The highest BCUT2D eigenvalue weighted by molar-refractivity contribution is 5.97. The fourth-order valence-electron chi connectivity index (χ4n) is 4.51. The molecule has 284 valence electrons. The first-order chi connectivity index (χ1) is 23.0. The summed E-state index contributed by atoms with van der Waals surface area (Å²) >= 11 is 0. The summed E-state index contributed by atoms with van der Waals surface area (Å²) in [4.78, 5) is 111. The summed E-state index contributed by atoms with van der Waals surface area (Å²) in [6.07, 6.45) is -4.67. The van der Waals surface area contributed by atoms with Gasteiger partial charge in [-0.2, -0.15) is 0 Å². The Morgan fingerprint density at radius 3 is 1.38 bits per heavy atom. The molecule has 0 bridgehead atoms. The number of aliphatic hydroxyl groups is 1. The highest BCUT2D eigenvalue weighted by atomic mass is 16.4. The Hall–Kier alpha value is -4.85. The molecule has 0 heterocycles. The van der Waals surface area contributed by atoms with Crippen molar-refractivity contribution in [1.82, 2.24) is 26.6 Å². The Balaban J connectivity index is 6.10. The molecular weight excluding hydrogens is 668 g/mol. The summed E-state index contributed by atoms with van der Waals surface area (Å²) in [6.45, 7) is 7.98. The predicted octanol–water partition coefficient (Wildman–Crippen LogP) is -2.50. The molecule has 0 radical (unpaired) electrons. The number of hydrogen-bond donors (Lipinski definition) is 11. The summed E-state index contributed by atoms with van der Waals surface area (Å²) in [7, 11) is 0. The molecule has 0 spiro atoms. The van der Waals surface area contributed by atoms with Crippen molar-refractivity contribution < 1.29 is 68.7 Å². The van der Waals surface area contributed by atoms with E-state index in [1.165, 1.54) is 0 Å². The van der Waals surface area contributed by atoms with Crippen LogP contribution in [-0.4, -0.2) is 121 Å². The third-order valence-electron chi connectivity index (χ3n) is 7.02. The van der Waals surface area contributed by atoms with Crippen molar-refractivity contribution in [2.24, 2.45) is 17.6 Å². The van der Waals surface area contributed by atoms with Crippen molar-refractivity contribution >= 4 is 53.4 Å². The SMILES string of the molecule is CC(C)C[C@H](NC(=O)[C@H](CC(=O)O)NC(=O)[C@@H](NC(=O)[C@H](CCC(=O)O)NC(=O)[C@@H](N)CC(C)C)[C@@H](C)O)C(=O)N[C@@H](CCC(=O)O)C(=O)O. The molecule has 5 amide bonds. The minimum absolute atomic E-state index is 0.00169. The molecule has 12 N–H and O–H groups in total. The molecule has 0 aromatic rings. The standard InChI is InChI=1S/C30H50N6O14/c1-13(2)10-16(31)25(44)32-17(6-8-21(38)39)26(45)36-24(15(5)37)29(48)35-20(12-23(42)43)28(47)34-19(11-14(3)4)27(46)33-18(30(49)50)7-9-22(40)41/h13-20,24,37H,6-12,31H2,1-5H3,(H,32,44)(H,33,46)(H,34,47)(H,35,48)(H,36,45)(H,38,39)(H,40,41)(H,42,43)(H,49,50)/t15-,16+,17+,18+,19+,20+,24+/m1/s1. The minimum atomic E-state index is -1.90. The summed E-state index contributed by atoms with van der Waals surface area (Å²) in [6, 6.07) is -9.44. The van der Waals surface area contributed by atoms with Gasteiger partial charge in [0.05, 0.1) is 18.6 Å². The van der Waals surface area contributed by atoms with Gasteiger partial charge in [0, 0.05) is 12.8 Å². The Morgan fingerprint density at radius 2 is 0.940 bits per heavy atom. The number of aliphatic hydroxyl groups excluding tert-OH is 1. The summed E-state index contributed by atoms with van der Waals surface area (Å²) in [5.74, 6) is -11.4. The number of carboxylic acid groups (broad SMARTS) is 4. The van der Waals surface area contributed by atoms with Crippen LogP contribution in [-0.2, 0) is 43.2 Å². The van der Waals surface area contributed by atoms with Crippen LogP contribution in [0.1, 0.15) is 79.6 Å². The highest BCUT2D eigenvalue weighted by Crippen LogP contribution is 2.10. The number of carbonyl (C=O) groups is 9. The molecule has 0 aliphatic rings. The second kappa shape index (κ2) is 22.0. The molecule has 0 saturated heterocycles. The molecular formula is C30H50N6O14. The average molecular weight is 719 g/mol. The summed E-state index contributed by atoms with van der Waals surface area (Å²) in [5, 5.41) is 58.1. The zero-order valence-electron chi connectivity index (χ0n) is 28.6. The number of nitrogens with one attached hydrogen (secondary N) is 5. The molecule has 0 aromatic heterocycles. The second-order valence-electron chi connectivity index (χ2n) is 12.6. The van der Waals surface area contributed by atoms with Crippen molar-refractivity contribution in [1.29, 1.82) is 0 Å². The normalized spacial score (nSPS) is 15.3. The fourth-order valence-corrected chi connectivity index (χ4v) is 4.51. The first kappa shape index (κ1) is 45.2. The smallest absolute Gasteiger partial charge is 0.326 e.